The summed E-state index contributed by atoms with van der Waals surface area (Å²) < 4.78 is 11.2. The summed E-state index contributed by atoms with van der Waals surface area (Å²) in [7, 11) is 0. The fourth-order valence-electron chi connectivity index (χ4n) is 9.99. The van der Waals surface area contributed by atoms with E-state index in [4.69, 9.17) is 11.0 Å². The summed E-state index contributed by atoms with van der Waals surface area (Å²) >= 11 is 0. The Hall–Kier alpha value is -7.86. The second-order valence-corrected chi connectivity index (χ2v) is 15.8. The third kappa shape index (κ3) is 4.17. The van der Waals surface area contributed by atoms with Crippen LogP contribution in [0.25, 0.3) is 104 Å². The highest BCUT2D eigenvalue weighted by molar-refractivity contribution is 6.24. The van der Waals surface area contributed by atoms with Crippen molar-refractivity contribution in [2.75, 3.05) is 0 Å². The number of nitrogens with zero attached hydrogens (tertiary/aromatic N) is 4. The Kier molecular flexibility index (Phi) is 6.47. The minimum atomic E-state index is -0.162. The Labute approximate surface area is 333 Å². The molecule has 1 aliphatic carbocycles. The molecule has 0 bridgehead atoms. The number of aromatic nitrogens is 2. The van der Waals surface area contributed by atoms with E-state index in [1.165, 1.54) is 33.0 Å². The number of rotatable bonds is 3. The van der Waals surface area contributed by atoms with Gasteiger partial charge in [0.2, 0.25) is 0 Å². The van der Waals surface area contributed by atoms with Crippen molar-refractivity contribution in [3.05, 3.63) is 186 Å². The topological polar surface area (TPSA) is 51.1 Å². The molecule has 3 heterocycles. The smallest absolute Gasteiger partial charge is 0.195 e. The third-order valence-electron chi connectivity index (χ3n) is 12.6. The highest BCUT2D eigenvalue weighted by Crippen LogP contribution is 2.53. The fourth-order valence-corrected chi connectivity index (χ4v) is 9.99. The van der Waals surface area contributed by atoms with Crippen LogP contribution in [0, 0.1) is 17.9 Å². The van der Waals surface area contributed by atoms with Gasteiger partial charge in [0.1, 0.15) is 11.2 Å². The summed E-state index contributed by atoms with van der Waals surface area (Å²) in [6, 6.07) is 57.3. The Balaban J connectivity index is 1.12. The molecule has 0 amide bonds. The molecule has 0 aliphatic heterocycles. The van der Waals surface area contributed by atoms with Crippen LogP contribution in [0.2, 0.25) is 0 Å². The van der Waals surface area contributed by atoms with E-state index in [0.717, 1.165) is 66.2 Å². The summed E-state index contributed by atoms with van der Waals surface area (Å²) in [6.07, 6.45) is 0. The van der Waals surface area contributed by atoms with Gasteiger partial charge in [-0.3, -0.25) is 0 Å². The summed E-state index contributed by atoms with van der Waals surface area (Å²) in [5, 5.41) is 17.3. The lowest BCUT2D eigenvalue weighted by molar-refractivity contribution is 0.661. The van der Waals surface area contributed by atoms with Gasteiger partial charge in [0, 0.05) is 49.3 Å². The van der Waals surface area contributed by atoms with Gasteiger partial charge in [-0.2, -0.15) is 5.26 Å². The van der Waals surface area contributed by atoms with Crippen LogP contribution in [0.1, 0.15) is 30.5 Å². The van der Waals surface area contributed by atoms with Crippen LogP contribution < -0.4 is 0 Å². The van der Waals surface area contributed by atoms with Crippen LogP contribution in [0.15, 0.2) is 162 Å². The van der Waals surface area contributed by atoms with Crippen LogP contribution in [-0.2, 0) is 5.41 Å². The quantitative estimate of drug-likeness (QED) is 0.169. The van der Waals surface area contributed by atoms with Gasteiger partial charge in [-0.15, -0.1) is 0 Å². The Bertz CT molecular complexity index is 3690. The monoisotopic (exact) mass is 740 g/mol. The average molecular weight is 741 g/mol. The summed E-state index contributed by atoms with van der Waals surface area (Å²) in [4.78, 5) is 4.02. The first-order chi connectivity index (χ1) is 28.5. The first-order valence-electron chi connectivity index (χ1n) is 19.5. The predicted octanol–water partition coefficient (Wildman–Crippen LogP) is 14.2. The number of benzene rings is 8. The number of hydrogen-bond donors (Lipinski definition) is 0. The van der Waals surface area contributed by atoms with Crippen molar-refractivity contribution in [1.29, 1.82) is 5.26 Å². The van der Waals surface area contributed by atoms with E-state index in [1.54, 1.807) is 0 Å². The number of furan rings is 1. The minimum absolute atomic E-state index is 0.162. The lowest BCUT2D eigenvalue weighted by atomic mass is 9.82. The van der Waals surface area contributed by atoms with Gasteiger partial charge in [0.25, 0.3) is 0 Å². The van der Waals surface area contributed by atoms with E-state index in [-0.39, 0.29) is 5.41 Å². The minimum Gasteiger partial charge on any atom is -0.455 e. The third-order valence-corrected chi connectivity index (χ3v) is 12.6. The maximum absolute atomic E-state index is 10.6. The molecule has 0 fully saturated rings. The SMILES string of the molecule is [C-]#[N+]c1ccc(-n2c3ccccc3c3c4oc5ccccc5c4ccc32)cc1-c1cc(-n2c3ccccc3c3ccc4c(c32)-c2ccccc2C4(C)C)ccc1C#N. The molecule has 0 saturated carbocycles. The van der Waals surface area contributed by atoms with Crippen LogP contribution in [0.4, 0.5) is 5.69 Å². The lowest BCUT2D eigenvalue weighted by Gasteiger charge is -2.21. The molecule has 270 valence electrons. The fraction of sp³-hybridized carbons (Fsp3) is 0.0566. The zero-order chi connectivity index (χ0) is 38.9. The molecule has 8 aromatic carbocycles. The molecule has 11 aromatic rings. The van der Waals surface area contributed by atoms with Crippen molar-refractivity contribution in [2.45, 2.75) is 19.3 Å². The molecule has 0 spiro atoms. The van der Waals surface area contributed by atoms with E-state index in [9.17, 15) is 5.26 Å². The van der Waals surface area contributed by atoms with Gasteiger partial charge in [-0.05, 0) is 88.5 Å². The standard InChI is InChI=1S/C53H32N4O/c1-53(2)42-16-8-4-14-38(42)49-43(53)25-23-36-34-12-5-9-17-45(34)57(51(36)49)33-21-20-31(30-54)40(28-33)41-29-32(22-26-44(41)55-3)56-46-18-10-6-15-39(46)50-47(56)27-24-37-35-13-7-11-19-48(35)58-52(37)50/h4-29H,1-2H3. The second-order valence-electron chi connectivity index (χ2n) is 15.8. The van der Waals surface area contributed by atoms with Gasteiger partial charge in [-0.25, -0.2) is 4.85 Å². The largest absolute Gasteiger partial charge is 0.455 e. The number of fused-ring (bicyclic) bond motifs is 14. The van der Waals surface area contributed by atoms with Crippen molar-refractivity contribution in [2.24, 2.45) is 0 Å². The number of para-hydroxylation sites is 3. The molecule has 5 heteroatoms. The number of hydrogen-bond acceptors (Lipinski definition) is 2. The molecule has 5 nitrogen and oxygen atoms in total. The highest BCUT2D eigenvalue weighted by atomic mass is 16.3. The molecule has 0 radical (unpaired) electrons. The van der Waals surface area contributed by atoms with E-state index in [0.29, 0.717) is 22.4 Å². The first kappa shape index (κ1) is 32.4. The molecule has 12 rings (SSSR count). The molecular weight excluding hydrogens is 709 g/mol. The molecule has 0 N–H and O–H groups in total. The van der Waals surface area contributed by atoms with Crippen LogP contribution in [-0.4, -0.2) is 9.13 Å². The molecule has 0 atom stereocenters. The van der Waals surface area contributed by atoms with E-state index >= 15 is 0 Å². The van der Waals surface area contributed by atoms with E-state index in [1.807, 2.05) is 42.5 Å². The van der Waals surface area contributed by atoms with Crippen molar-refractivity contribution < 1.29 is 4.42 Å². The Morgan fingerprint density at radius 3 is 2.07 bits per heavy atom. The zero-order valence-electron chi connectivity index (χ0n) is 31.7. The van der Waals surface area contributed by atoms with E-state index < -0.39 is 0 Å². The molecule has 1 aliphatic rings. The Morgan fingerprint density at radius 1 is 0.569 bits per heavy atom. The highest BCUT2D eigenvalue weighted by Gasteiger charge is 2.37. The summed E-state index contributed by atoms with van der Waals surface area (Å²) in [5.74, 6) is 0. The average Bonchev–Trinajstić information content (AvgIpc) is 3.98. The first-order valence-corrected chi connectivity index (χ1v) is 19.5. The van der Waals surface area contributed by atoms with Crippen molar-refractivity contribution in [1.82, 2.24) is 9.13 Å². The van der Waals surface area contributed by atoms with Gasteiger partial charge in [0.05, 0.1) is 45.7 Å². The van der Waals surface area contributed by atoms with Crippen molar-refractivity contribution in [3.8, 4) is 39.7 Å². The summed E-state index contributed by atoms with van der Waals surface area (Å²) in [6.45, 7) is 13.0. The predicted molar refractivity (Wildman–Crippen MR) is 236 cm³/mol. The van der Waals surface area contributed by atoms with Gasteiger partial charge >= 0.3 is 0 Å². The lowest BCUT2D eigenvalue weighted by Crippen LogP contribution is -2.14. The van der Waals surface area contributed by atoms with Crippen molar-refractivity contribution in [3.63, 3.8) is 0 Å². The zero-order valence-corrected chi connectivity index (χ0v) is 31.7. The van der Waals surface area contributed by atoms with Crippen LogP contribution in [0.5, 0.6) is 0 Å². The Morgan fingerprint density at radius 2 is 1.24 bits per heavy atom. The maximum atomic E-state index is 10.6. The molecule has 0 saturated heterocycles. The van der Waals surface area contributed by atoms with Gasteiger partial charge in [-0.1, -0.05) is 111 Å². The molecule has 0 unspecified atom stereocenters. The molecular formula is C53H32N4O. The number of nitriles is 1. The van der Waals surface area contributed by atoms with Gasteiger partial charge in [0.15, 0.2) is 5.69 Å². The van der Waals surface area contributed by atoms with Crippen LogP contribution >= 0.6 is 0 Å². The molecule has 58 heavy (non-hydrogen) atoms. The van der Waals surface area contributed by atoms with Crippen molar-refractivity contribution >= 4 is 71.2 Å². The normalized spacial score (nSPS) is 13.1. The van der Waals surface area contributed by atoms with Gasteiger partial charge < -0.3 is 13.6 Å². The maximum Gasteiger partial charge on any atom is 0.195 e. The van der Waals surface area contributed by atoms with Crippen LogP contribution in [0.3, 0.4) is 0 Å². The van der Waals surface area contributed by atoms with E-state index in [2.05, 4.69) is 149 Å². The molecule has 3 aromatic heterocycles. The summed E-state index contributed by atoms with van der Waals surface area (Å²) in [5.41, 5.74) is 15.2. The second kappa shape index (κ2) is 11.6.